The third-order valence-corrected chi connectivity index (χ3v) is 4.25. The molecule has 0 aliphatic heterocycles. The lowest BCUT2D eigenvalue weighted by Gasteiger charge is -2.31. The predicted molar refractivity (Wildman–Crippen MR) is 111 cm³/mol. The van der Waals surface area contributed by atoms with E-state index in [-0.39, 0.29) is 6.61 Å². The predicted octanol–water partition coefficient (Wildman–Crippen LogP) is 5.29. The molecular formula is C23H32O6. The van der Waals surface area contributed by atoms with E-state index < -0.39 is 17.7 Å². The lowest BCUT2D eigenvalue weighted by molar-refractivity contribution is -0.390. The van der Waals surface area contributed by atoms with Crippen molar-refractivity contribution in [3.63, 3.8) is 0 Å². The summed E-state index contributed by atoms with van der Waals surface area (Å²) in [5.41, 5.74) is 0. The van der Waals surface area contributed by atoms with Crippen molar-refractivity contribution in [2.24, 2.45) is 0 Å². The molecule has 0 saturated heterocycles. The molecule has 0 N–H and O–H groups in total. The molecule has 6 nitrogen and oxygen atoms in total. The van der Waals surface area contributed by atoms with E-state index in [1.165, 1.54) is 19.3 Å². The molecular weight excluding hydrogens is 372 g/mol. The molecule has 0 amide bonds. The Morgan fingerprint density at radius 1 is 0.931 bits per heavy atom. The number of carbonyl (C=O) groups excluding carboxylic acids is 2. The fraction of sp³-hybridized carbons (Fsp3) is 0.478. The monoisotopic (exact) mass is 404 g/mol. The highest BCUT2D eigenvalue weighted by Gasteiger charge is 2.38. The van der Waals surface area contributed by atoms with Gasteiger partial charge in [0, 0.05) is 18.6 Å². The molecule has 1 aromatic rings. The van der Waals surface area contributed by atoms with Crippen LogP contribution >= 0.6 is 0 Å². The molecule has 0 heterocycles. The van der Waals surface area contributed by atoms with Gasteiger partial charge in [0.1, 0.15) is 5.75 Å². The summed E-state index contributed by atoms with van der Waals surface area (Å²) in [5.74, 6) is -2.35. The molecule has 0 radical (unpaired) electrons. The van der Waals surface area contributed by atoms with Crippen LogP contribution in [0.15, 0.2) is 55.6 Å². The van der Waals surface area contributed by atoms with Gasteiger partial charge in [-0.15, -0.1) is 4.89 Å². The molecule has 29 heavy (non-hydrogen) atoms. The van der Waals surface area contributed by atoms with E-state index in [2.05, 4.69) is 20.1 Å². The molecule has 1 aromatic carbocycles. The number of hydrogen-bond acceptors (Lipinski definition) is 6. The molecule has 0 bridgehead atoms. The standard InChI is InChI=1S/C23H32O6/c1-4-7-8-9-10-11-15-18-23(19-26-21(24)5-2,29-28-22(25)6-3)27-20-16-13-12-14-17-20/h5-6,12-14,16-17H,2-4,7-11,15,18-19H2,1H3. The zero-order valence-corrected chi connectivity index (χ0v) is 17.3. The zero-order chi connectivity index (χ0) is 21.4. The number of ether oxygens (including phenoxy) is 2. The van der Waals surface area contributed by atoms with E-state index in [1.54, 1.807) is 24.3 Å². The Labute approximate surface area is 173 Å². The Morgan fingerprint density at radius 2 is 1.55 bits per heavy atom. The maximum atomic E-state index is 11.6. The summed E-state index contributed by atoms with van der Waals surface area (Å²) in [6.45, 7) is 8.66. The van der Waals surface area contributed by atoms with E-state index in [0.29, 0.717) is 12.2 Å². The second-order valence-electron chi connectivity index (χ2n) is 6.70. The van der Waals surface area contributed by atoms with Gasteiger partial charge in [-0.05, 0) is 18.6 Å². The Bertz CT molecular complexity index is 602. The number of para-hydroxylation sites is 1. The van der Waals surface area contributed by atoms with Crippen LogP contribution in [0.5, 0.6) is 5.75 Å². The molecule has 0 aliphatic rings. The zero-order valence-electron chi connectivity index (χ0n) is 17.3. The van der Waals surface area contributed by atoms with Crippen molar-refractivity contribution in [2.45, 2.75) is 64.1 Å². The van der Waals surface area contributed by atoms with Gasteiger partial charge in [0.2, 0.25) is 0 Å². The molecule has 0 spiro atoms. The van der Waals surface area contributed by atoms with Crippen LogP contribution in [0.1, 0.15) is 58.3 Å². The molecule has 0 fully saturated rings. The Hall–Kier alpha value is -2.60. The molecule has 1 rings (SSSR count). The summed E-state index contributed by atoms with van der Waals surface area (Å²) in [6, 6.07) is 8.95. The van der Waals surface area contributed by atoms with Crippen LogP contribution in [0.25, 0.3) is 0 Å². The lowest BCUT2D eigenvalue weighted by atomic mass is 10.0. The van der Waals surface area contributed by atoms with Gasteiger partial charge < -0.3 is 9.47 Å². The minimum absolute atomic E-state index is 0.257. The van der Waals surface area contributed by atoms with E-state index in [4.69, 9.17) is 19.2 Å². The van der Waals surface area contributed by atoms with Crippen molar-refractivity contribution in [2.75, 3.05) is 6.61 Å². The van der Waals surface area contributed by atoms with E-state index >= 15 is 0 Å². The van der Waals surface area contributed by atoms with Crippen molar-refractivity contribution in [1.29, 1.82) is 0 Å². The minimum atomic E-state index is -1.47. The quantitative estimate of drug-likeness (QED) is 0.0931. The number of unbranched alkanes of at least 4 members (excludes halogenated alkanes) is 6. The van der Waals surface area contributed by atoms with Crippen LogP contribution in [0, 0.1) is 0 Å². The lowest BCUT2D eigenvalue weighted by Crippen LogP contribution is -2.45. The molecule has 160 valence electrons. The van der Waals surface area contributed by atoms with Gasteiger partial charge in [-0.3, -0.25) is 4.89 Å². The molecule has 0 aromatic heterocycles. The summed E-state index contributed by atoms with van der Waals surface area (Å²) < 4.78 is 11.2. The topological polar surface area (TPSA) is 71.1 Å². The SMILES string of the molecule is C=CC(=O)OCC(CCCCCCCCC)(OOC(=O)C=C)Oc1ccccc1. The van der Waals surface area contributed by atoms with Crippen LogP contribution in [0.3, 0.4) is 0 Å². The molecule has 1 unspecified atom stereocenters. The summed E-state index contributed by atoms with van der Waals surface area (Å²) in [6.07, 6.45) is 10.0. The van der Waals surface area contributed by atoms with Gasteiger partial charge in [-0.1, -0.05) is 76.8 Å². The first-order valence-electron chi connectivity index (χ1n) is 10.1. The summed E-state index contributed by atoms with van der Waals surface area (Å²) >= 11 is 0. The van der Waals surface area contributed by atoms with E-state index in [1.807, 2.05) is 6.07 Å². The van der Waals surface area contributed by atoms with Gasteiger partial charge in [-0.25, -0.2) is 9.59 Å². The number of carbonyl (C=O) groups is 2. The third-order valence-electron chi connectivity index (χ3n) is 4.25. The second-order valence-corrected chi connectivity index (χ2v) is 6.70. The number of benzene rings is 1. The molecule has 6 heteroatoms. The van der Waals surface area contributed by atoms with Crippen LogP contribution in [-0.4, -0.2) is 24.3 Å². The molecule has 0 aliphatic carbocycles. The smallest absolute Gasteiger partial charge is 0.365 e. The minimum Gasteiger partial charge on any atom is -0.455 e. The maximum absolute atomic E-state index is 11.6. The van der Waals surface area contributed by atoms with Crippen LogP contribution in [0.4, 0.5) is 0 Å². The number of hydrogen-bond donors (Lipinski definition) is 0. The first kappa shape index (κ1) is 24.4. The van der Waals surface area contributed by atoms with Crippen molar-refractivity contribution in [1.82, 2.24) is 0 Å². The summed E-state index contributed by atoms with van der Waals surface area (Å²) in [5, 5.41) is 0. The number of rotatable bonds is 16. The van der Waals surface area contributed by atoms with E-state index in [0.717, 1.165) is 37.8 Å². The maximum Gasteiger partial charge on any atom is 0.365 e. The van der Waals surface area contributed by atoms with Crippen molar-refractivity contribution >= 4 is 11.9 Å². The van der Waals surface area contributed by atoms with Crippen LogP contribution in [-0.2, 0) is 24.1 Å². The van der Waals surface area contributed by atoms with E-state index in [9.17, 15) is 9.59 Å². The Morgan fingerprint density at radius 3 is 2.17 bits per heavy atom. The van der Waals surface area contributed by atoms with Gasteiger partial charge in [-0.2, -0.15) is 0 Å². The number of esters is 1. The second kappa shape index (κ2) is 14.4. The fourth-order valence-corrected chi connectivity index (χ4v) is 2.68. The van der Waals surface area contributed by atoms with Crippen molar-refractivity contribution in [3.05, 3.63) is 55.6 Å². The normalized spacial score (nSPS) is 12.4. The highest BCUT2D eigenvalue weighted by molar-refractivity contribution is 5.81. The van der Waals surface area contributed by atoms with Crippen molar-refractivity contribution in [3.8, 4) is 5.75 Å². The average Bonchev–Trinajstić information content (AvgIpc) is 2.75. The first-order valence-corrected chi connectivity index (χ1v) is 10.1. The Balaban J connectivity index is 2.84. The summed E-state index contributed by atoms with van der Waals surface area (Å²) in [4.78, 5) is 33.3. The van der Waals surface area contributed by atoms with Gasteiger partial charge in [0.05, 0.1) is 0 Å². The fourth-order valence-electron chi connectivity index (χ4n) is 2.68. The largest absolute Gasteiger partial charge is 0.455 e. The average molecular weight is 405 g/mol. The Kier molecular flexibility index (Phi) is 12.1. The van der Waals surface area contributed by atoms with Crippen LogP contribution in [0.2, 0.25) is 0 Å². The third kappa shape index (κ3) is 10.5. The molecule has 0 saturated carbocycles. The van der Waals surface area contributed by atoms with Crippen molar-refractivity contribution < 1.29 is 28.8 Å². The molecule has 1 atom stereocenters. The van der Waals surface area contributed by atoms with Gasteiger partial charge in [0.15, 0.2) is 6.61 Å². The first-order chi connectivity index (χ1) is 14.0. The van der Waals surface area contributed by atoms with Gasteiger partial charge in [0.25, 0.3) is 5.79 Å². The summed E-state index contributed by atoms with van der Waals surface area (Å²) in [7, 11) is 0. The van der Waals surface area contributed by atoms with Gasteiger partial charge >= 0.3 is 11.9 Å². The highest BCUT2D eigenvalue weighted by atomic mass is 17.2. The van der Waals surface area contributed by atoms with Crippen LogP contribution < -0.4 is 4.74 Å². The highest BCUT2D eigenvalue weighted by Crippen LogP contribution is 2.27.